The first-order valence-electron chi connectivity index (χ1n) is 5.67. The van der Waals surface area contributed by atoms with E-state index in [1.807, 2.05) is 12.1 Å². The highest BCUT2D eigenvalue weighted by Gasteiger charge is 2.26. The Balaban J connectivity index is 2.17. The maximum absolute atomic E-state index is 5.81. The van der Waals surface area contributed by atoms with Crippen molar-refractivity contribution in [3.8, 4) is 0 Å². The van der Waals surface area contributed by atoms with E-state index in [-0.39, 0.29) is 0 Å². The van der Waals surface area contributed by atoms with Gasteiger partial charge in [-0.3, -0.25) is 0 Å². The molecular weight excluding hydrogens is 184 g/mol. The minimum Gasteiger partial charge on any atom is -0.399 e. The van der Waals surface area contributed by atoms with Crippen LogP contribution in [0, 0.1) is 5.41 Å². The summed E-state index contributed by atoms with van der Waals surface area (Å²) in [5.74, 6) is 0. The number of piperidine rings is 1. The van der Waals surface area contributed by atoms with Crippen molar-refractivity contribution in [1.29, 1.82) is 0 Å². The molecule has 15 heavy (non-hydrogen) atoms. The van der Waals surface area contributed by atoms with E-state index < -0.39 is 0 Å². The second kappa shape index (κ2) is 3.76. The summed E-state index contributed by atoms with van der Waals surface area (Å²) in [6.45, 7) is 6.97. The summed E-state index contributed by atoms with van der Waals surface area (Å²) in [5, 5.41) is 0. The lowest BCUT2D eigenvalue weighted by atomic mass is 9.84. The van der Waals surface area contributed by atoms with E-state index in [1.54, 1.807) is 0 Å². The van der Waals surface area contributed by atoms with Crippen LogP contribution in [0.25, 0.3) is 0 Å². The maximum Gasteiger partial charge on any atom is 0.0387 e. The van der Waals surface area contributed by atoms with Gasteiger partial charge in [0.15, 0.2) is 0 Å². The van der Waals surface area contributed by atoms with Crippen molar-refractivity contribution >= 4 is 11.4 Å². The fourth-order valence-corrected chi connectivity index (χ4v) is 2.37. The second-order valence-corrected chi connectivity index (χ2v) is 5.28. The van der Waals surface area contributed by atoms with Gasteiger partial charge in [-0.25, -0.2) is 0 Å². The first-order valence-corrected chi connectivity index (χ1v) is 5.67. The number of anilines is 2. The van der Waals surface area contributed by atoms with Crippen molar-refractivity contribution in [3.05, 3.63) is 24.3 Å². The van der Waals surface area contributed by atoms with E-state index in [0.717, 1.165) is 18.8 Å². The van der Waals surface area contributed by atoms with Gasteiger partial charge in [0.2, 0.25) is 0 Å². The van der Waals surface area contributed by atoms with Gasteiger partial charge in [-0.1, -0.05) is 19.9 Å². The largest absolute Gasteiger partial charge is 0.399 e. The molecule has 2 nitrogen and oxygen atoms in total. The SMILES string of the molecule is CC1(C)CCCN(c2cccc(N)c2)C1. The van der Waals surface area contributed by atoms with Crippen molar-refractivity contribution in [2.45, 2.75) is 26.7 Å². The van der Waals surface area contributed by atoms with Crippen LogP contribution in [-0.2, 0) is 0 Å². The minimum absolute atomic E-state index is 0.433. The zero-order chi connectivity index (χ0) is 10.9. The molecule has 1 aliphatic heterocycles. The summed E-state index contributed by atoms with van der Waals surface area (Å²) in [7, 11) is 0. The van der Waals surface area contributed by atoms with Crippen LogP contribution in [0.2, 0.25) is 0 Å². The lowest BCUT2D eigenvalue weighted by molar-refractivity contribution is 0.293. The van der Waals surface area contributed by atoms with Crippen molar-refractivity contribution in [2.24, 2.45) is 5.41 Å². The molecule has 1 aromatic rings. The Morgan fingerprint density at radius 3 is 2.80 bits per heavy atom. The summed E-state index contributed by atoms with van der Waals surface area (Å²) in [4.78, 5) is 2.44. The van der Waals surface area contributed by atoms with Crippen LogP contribution in [0.4, 0.5) is 11.4 Å². The van der Waals surface area contributed by atoms with Crippen LogP contribution in [0.15, 0.2) is 24.3 Å². The number of rotatable bonds is 1. The number of nitrogen functional groups attached to an aromatic ring is 1. The van der Waals surface area contributed by atoms with Crippen LogP contribution < -0.4 is 10.6 Å². The number of hydrogen-bond acceptors (Lipinski definition) is 2. The van der Waals surface area contributed by atoms with Crippen molar-refractivity contribution < 1.29 is 0 Å². The molecule has 0 aromatic heterocycles. The fourth-order valence-electron chi connectivity index (χ4n) is 2.37. The molecule has 1 saturated heterocycles. The molecule has 1 heterocycles. The van der Waals surface area contributed by atoms with Crippen molar-refractivity contribution in [2.75, 3.05) is 23.7 Å². The maximum atomic E-state index is 5.81. The highest BCUT2D eigenvalue weighted by Crippen LogP contribution is 2.31. The molecule has 2 heteroatoms. The molecule has 82 valence electrons. The Bertz CT molecular complexity index is 344. The van der Waals surface area contributed by atoms with Crippen LogP contribution in [0.3, 0.4) is 0 Å². The summed E-state index contributed by atoms with van der Waals surface area (Å²) in [5.41, 5.74) is 8.36. The highest BCUT2D eigenvalue weighted by atomic mass is 15.1. The van der Waals surface area contributed by atoms with Crippen molar-refractivity contribution in [3.63, 3.8) is 0 Å². The third kappa shape index (κ3) is 2.44. The lowest BCUT2D eigenvalue weighted by Gasteiger charge is -2.39. The molecule has 0 bridgehead atoms. The Kier molecular flexibility index (Phi) is 2.59. The number of nitrogens with two attached hydrogens (primary N) is 1. The number of hydrogen-bond donors (Lipinski definition) is 1. The minimum atomic E-state index is 0.433. The first-order chi connectivity index (χ1) is 7.07. The average Bonchev–Trinajstić information content (AvgIpc) is 2.16. The Morgan fingerprint density at radius 1 is 1.33 bits per heavy atom. The van der Waals surface area contributed by atoms with E-state index >= 15 is 0 Å². The van der Waals surface area contributed by atoms with Crippen LogP contribution in [0.1, 0.15) is 26.7 Å². The predicted octanol–water partition coefficient (Wildman–Crippen LogP) is 2.90. The normalized spacial score (nSPS) is 20.3. The molecule has 0 spiro atoms. The molecule has 0 aliphatic carbocycles. The molecule has 1 aliphatic rings. The molecule has 0 amide bonds. The summed E-state index contributed by atoms with van der Waals surface area (Å²) in [6, 6.07) is 8.20. The first kappa shape index (κ1) is 10.3. The van der Waals surface area contributed by atoms with E-state index in [1.165, 1.54) is 18.5 Å². The zero-order valence-electron chi connectivity index (χ0n) is 9.66. The standard InChI is InChI=1S/C13H20N2/c1-13(2)7-4-8-15(10-13)12-6-3-5-11(14)9-12/h3,5-6,9H,4,7-8,10,14H2,1-2H3. The van der Waals surface area contributed by atoms with Gasteiger partial charge < -0.3 is 10.6 Å². The molecule has 1 aromatic carbocycles. The third-order valence-corrected chi connectivity index (χ3v) is 3.14. The molecular formula is C13H20N2. The fraction of sp³-hybridized carbons (Fsp3) is 0.538. The van der Waals surface area contributed by atoms with Gasteiger partial charge >= 0.3 is 0 Å². The van der Waals surface area contributed by atoms with E-state index in [2.05, 4.69) is 30.9 Å². The average molecular weight is 204 g/mol. The van der Waals surface area contributed by atoms with Crippen molar-refractivity contribution in [1.82, 2.24) is 0 Å². The number of nitrogens with zero attached hydrogens (tertiary/aromatic N) is 1. The van der Waals surface area contributed by atoms with E-state index in [9.17, 15) is 0 Å². The van der Waals surface area contributed by atoms with Crippen LogP contribution in [-0.4, -0.2) is 13.1 Å². The summed E-state index contributed by atoms with van der Waals surface area (Å²) >= 11 is 0. The molecule has 0 unspecified atom stereocenters. The lowest BCUT2D eigenvalue weighted by Crippen LogP contribution is -2.40. The van der Waals surface area contributed by atoms with Crippen LogP contribution in [0.5, 0.6) is 0 Å². The van der Waals surface area contributed by atoms with Gasteiger partial charge in [0.1, 0.15) is 0 Å². The monoisotopic (exact) mass is 204 g/mol. The van der Waals surface area contributed by atoms with E-state index in [4.69, 9.17) is 5.73 Å². The van der Waals surface area contributed by atoms with Gasteiger partial charge in [0.05, 0.1) is 0 Å². The molecule has 2 rings (SSSR count). The van der Waals surface area contributed by atoms with Crippen LogP contribution >= 0.6 is 0 Å². The molecule has 1 fully saturated rings. The Labute approximate surface area is 92.1 Å². The van der Waals surface area contributed by atoms with Gasteiger partial charge in [0, 0.05) is 24.5 Å². The molecule has 0 saturated carbocycles. The molecule has 2 N–H and O–H groups in total. The second-order valence-electron chi connectivity index (χ2n) is 5.28. The Morgan fingerprint density at radius 2 is 2.13 bits per heavy atom. The molecule has 0 radical (unpaired) electrons. The summed E-state index contributed by atoms with van der Waals surface area (Å²) < 4.78 is 0. The summed E-state index contributed by atoms with van der Waals surface area (Å²) in [6.07, 6.45) is 2.60. The van der Waals surface area contributed by atoms with Gasteiger partial charge in [-0.15, -0.1) is 0 Å². The van der Waals surface area contributed by atoms with Gasteiger partial charge in [-0.2, -0.15) is 0 Å². The molecule has 0 atom stereocenters. The number of benzene rings is 1. The smallest absolute Gasteiger partial charge is 0.0387 e. The van der Waals surface area contributed by atoms with Gasteiger partial charge in [-0.05, 0) is 36.5 Å². The topological polar surface area (TPSA) is 29.3 Å². The predicted molar refractivity (Wildman–Crippen MR) is 66.1 cm³/mol. The van der Waals surface area contributed by atoms with Gasteiger partial charge in [0.25, 0.3) is 0 Å². The quantitative estimate of drug-likeness (QED) is 0.713. The third-order valence-electron chi connectivity index (χ3n) is 3.14. The Hall–Kier alpha value is -1.18. The highest BCUT2D eigenvalue weighted by molar-refractivity contribution is 5.56. The zero-order valence-corrected chi connectivity index (χ0v) is 9.66. The van der Waals surface area contributed by atoms with E-state index in [0.29, 0.717) is 5.41 Å².